The molecule has 5 nitrogen and oxygen atoms in total. The molecule has 0 aliphatic heterocycles. The van der Waals surface area contributed by atoms with Gasteiger partial charge in [0.05, 0.1) is 5.71 Å². The number of nitrogens with one attached hydrogen (secondary N) is 1. The first-order valence-electron chi connectivity index (χ1n) is 6.65. The summed E-state index contributed by atoms with van der Waals surface area (Å²) >= 11 is 0. The average molecular weight is 296 g/mol. The highest BCUT2D eigenvalue weighted by molar-refractivity contribution is 5.99. The van der Waals surface area contributed by atoms with Gasteiger partial charge in [0.15, 0.2) is 0 Å². The molecule has 2 aromatic carbocycles. The third kappa shape index (κ3) is 4.49. The first-order valence-corrected chi connectivity index (χ1v) is 6.65. The predicted octanol–water partition coefficient (Wildman–Crippen LogP) is 2.92. The van der Waals surface area contributed by atoms with Gasteiger partial charge in [-0.2, -0.15) is 5.10 Å². The maximum atomic E-state index is 11.9. The van der Waals surface area contributed by atoms with E-state index in [1.54, 1.807) is 13.0 Å². The molecule has 2 aromatic rings. The zero-order chi connectivity index (χ0) is 15.9. The van der Waals surface area contributed by atoms with Crippen LogP contribution >= 0.6 is 0 Å². The van der Waals surface area contributed by atoms with Crippen LogP contribution < -0.4 is 5.43 Å². The molecule has 0 unspecified atom stereocenters. The van der Waals surface area contributed by atoms with Crippen LogP contribution in [-0.2, 0) is 0 Å². The second-order valence-electron chi connectivity index (χ2n) is 4.68. The molecule has 0 aliphatic rings. The number of aromatic hydroxyl groups is 2. The summed E-state index contributed by atoms with van der Waals surface area (Å²) in [7, 11) is 0. The van der Waals surface area contributed by atoms with E-state index in [-0.39, 0.29) is 17.1 Å². The number of hydrogen-bond donors (Lipinski definition) is 3. The van der Waals surface area contributed by atoms with Gasteiger partial charge < -0.3 is 10.2 Å². The molecule has 0 radical (unpaired) electrons. The van der Waals surface area contributed by atoms with Gasteiger partial charge in [-0.25, -0.2) is 5.43 Å². The van der Waals surface area contributed by atoms with Gasteiger partial charge in [0.1, 0.15) is 11.5 Å². The van der Waals surface area contributed by atoms with Crippen LogP contribution in [0.5, 0.6) is 11.5 Å². The number of allylic oxidation sites excluding steroid dienone is 1. The molecule has 0 bridgehead atoms. The number of nitrogens with zero attached hydrogens (tertiary/aromatic N) is 1. The zero-order valence-corrected chi connectivity index (χ0v) is 12.0. The van der Waals surface area contributed by atoms with Crippen LogP contribution in [0, 0.1) is 0 Å². The van der Waals surface area contributed by atoms with Gasteiger partial charge in [-0.1, -0.05) is 36.4 Å². The van der Waals surface area contributed by atoms with Crippen LogP contribution in [0.2, 0.25) is 0 Å². The lowest BCUT2D eigenvalue weighted by atomic mass is 10.2. The number of amides is 1. The minimum absolute atomic E-state index is 0.126. The van der Waals surface area contributed by atoms with Gasteiger partial charge in [0, 0.05) is 11.6 Å². The summed E-state index contributed by atoms with van der Waals surface area (Å²) in [5, 5.41) is 22.6. The van der Waals surface area contributed by atoms with Gasteiger partial charge in [-0.3, -0.25) is 4.79 Å². The van der Waals surface area contributed by atoms with Crippen molar-refractivity contribution in [1.82, 2.24) is 5.43 Å². The number of benzene rings is 2. The van der Waals surface area contributed by atoms with E-state index in [0.29, 0.717) is 5.71 Å². The van der Waals surface area contributed by atoms with Crippen molar-refractivity contribution in [2.45, 2.75) is 6.92 Å². The average Bonchev–Trinajstić information content (AvgIpc) is 2.50. The first-order chi connectivity index (χ1) is 10.5. The standard InChI is InChI=1S/C17H16N2O3/c1-12(7-8-13-5-3-2-4-6-13)18-19-17(22)14-9-15(20)11-16(21)10-14/h2-11,20-21H,1H3,(H,19,22)/b8-7+,18-12-. The quantitative estimate of drug-likeness (QED) is 0.599. The molecule has 0 heterocycles. The zero-order valence-electron chi connectivity index (χ0n) is 12.0. The number of hydrogen-bond acceptors (Lipinski definition) is 4. The molecule has 0 aromatic heterocycles. The summed E-state index contributed by atoms with van der Waals surface area (Å²) in [4.78, 5) is 11.9. The van der Waals surface area contributed by atoms with Gasteiger partial charge in [0.2, 0.25) is 0 Å². The van der Waals surface area contributed by atoms with Crippen molar-refractivity contribution in [3.63, 3.8) is 0 Å². The van der Waals surface area contributed by atoms with E-state index in [2.05, 4.69) is 10.5 Å². The highest BCUT2D eigenvalue weighted by Gasteiger charge is 2.07. The maximum absolute atomic E-state index is 11.9. The normalized spacial score (nSPS) is 11.6. The molecule has 0 saturated carbocycles. The number of rotatable bonds is 4. The fourth-order valence-corrected chi connectivity index (χ4v) is 1.75. The number of phenols is 2. The summed E-state index contributed by atoms with van der Waals surface area (Å²) in [6.07, 6.45) is 3.65. The largest absolute Gasteiger partial charge is 0.508 e. The second-order valence-corrected chi connectivity index (χ2v) is 4.68. The Morgan fingerprint density at radius 1 is 1.09 bits per heavy atom. The van der Waals surface area contributed by atoms with Crippen molar-refractivity contribution in [3.05, 3.63) is 65.7 Å². The second kappa shape index (κ2) is 7.08. The summed E-state index contributed by atoms with van der Waals surface area (Å²) in [5.74, 6) is -0.886. The fraction of sp³-hybridized carbons (Fsp3) is 0.0588. The molecule has 0 atom stereocenters. The van der Waals surface area contributed by atoms with Crippen molar-refractivity contribution >= 4 is 17.7 Å². The Hall–Kier alpha value is -3.08. The summed E-state index contributed by atoms with van der Waals surface area (Å²) in [6.45, 7) is 1.75. The molecule has 0 saturated heterocycles. The van der Waals surface area contributed by atoms with Crippen molar-refractivity contribution < 1.29 is 15.0 Å². The van der Waals surface area contributed by atoms with Crippen molar-refractivity contribution in [3.8, 4) is 11.5 Å². The van der Waals surface area contributed by atoms with E-state index < -0.39 is 5.91 Å². The fourth-order valence-electron chi connectivity index (χ4n) is 1.75. The topological polar surface area (TPSA) is 81.9 Å². The smallest absolute Gasteiger partial charge is 0.271 e. The van der Waals surface area contributed by atoms with Crippen LogP contribution in [0.15, 0.2) is 59.7 Å². The van der Waals surface area contributed by atoms with Gasteiger partial charge in [-0.05, 0) is 30.7 Å². The van der Waals surface area contributed by atoms with E-state index in [1.165, 1.54) is 12.1 Å². The predicted molar refractivity (Wildman–Crippen MR) is 85.8 cm³/mol. The Morgan fingerprint density at radius 2 is 1.73 bits per heavy atom. The molecule has 3 N–H and O–H groups in total. The van der Waals surface area contributed by atoms with Crippen molar-refractivity contribution in [2.75, 3.05) is 0 Å². The summed E-state index contributed by atoms with van der Waals surface area (Å²) < 4.78 is 0. The van der Waals surface area contributed by atoms with Gasteiger partial charge in [-0.15, -0.1) is 0 Å². The Bertz CT molecular complexity index is 702. The summed E-state index contributed by atoms with van der Waals surface area (Å²) in [5.41, 5.74) is 4.13. The van der Waals surface area contributed by atoms with Gasteiger partial charge >= 0.3 is 0 Å². The molecule has 112 valence electrons. The van der Waals surface area contributed by atoms with Crippen molar-refractivity contribution in [2.24, 2.45) is 5.10 Å². The lowest BCUT2D eigenvalue weighted by Crippen LogP contribution is -2.18. The van der Waals surface area contributed by atoms with Crippen LogP contribution in [0.1, 0.15) is 22.8 Å². The molecule has 2 rings (SSSR count). The van der Waals surface area contributed by atoms with E-state index in [0.717, 1.165) is 11.6 Å². The molecular formula is C17H16N2O3. The molecule has 5 heteroatoms. The Balaban J connectivity index is 2.01. The van der Waals surface area contributed by atoms with Crippen LogP contribution in [-0.4, -0.2) is 21.8 Å². The van der Waals surface area contributed by atoms with Crippen LogP contribution in [0.3, 0.4) is 0 Å². The SMILES string of the molecule is CC(/C=C/c1ccccc1)=N/NC(=O)c1cc(O)cc(O)c1. The number of carbonyl (C=O) groups is 1. The molecule has 0 spiro atoms. The number of phenolic OH excluding ortho intramolecular Hbond substituents is 2. The Labute approximate surface area is 128 Å². The monoisotopic (exact) mass is 296 g/mol. The van der Waals surface area contributed by atoms with E-state index in [9.17, 15) is 15.0 Å². The maximum Gasteiger partial charge on any atom is 0.271 e. The van der Waals surface area contributed by atoms with E-state index in [1.807, 2.05) is 36.4 Å². The summed E-state index contributed by atoms with van der Waals surface area (Å²) in [6, 6.07) is 13.4. The minimum Gasteiger partial charge on any atom is -0.508 e. The molecule has 0 aliphatic carbocycles. The third-order valence-corrected chi connectivity index (χ3v) is 2.82. The minimum atomic E-state index is -0.515. The molecule has 22 heavy (non-hydrogen) atoms. The highest BCUT2D eigenvalue weighted by atomic mass is 16.3. The van der Waals surface area contributed by atoms with E-state index >= 15 is 0 Å². The van der Waals surface area contributed by atoms with Gasteiger partial charge in [0.25, 0.3) is 5.91 Å². The number of hydrazone groups is 1. The Morgan fingerprint density at radius 3 is 2.36 bits per heavy atom. The molecular weight excluding hydrogens is 280 g/mol. The first kappa shape index (κ1) is 15.3. The number of carbonyl (C=O) groups excluding carboxylic acids is 1. The lowest BCUT2D eigenvalue weighted by Gasteiger charge is -2.02. The van der Waals surface area contributed by atoms with Crippen molar-refractivity contribution in [1.29, 1.82) is 0 Å². The third-order valence-electron chi connectivity index (χ3n) is 2.82. The lowest BCUT2D eigenvalue weighted by molar-refractivity contribution is 0.0954. The van der Waals surface area contributed by atoms with Crippen LogP contribution in [0.25, 0.3) is 6.08 Å². The highest BCUT2D eigenvalue weighted by Crippen LogP contribution is 2.20. The van der Waals surface area contributed by atoms with E-state index in [4.69, 9.17) is 0 Å². The Kier molecular flexibility index (Phi) is 4.93. The molecule has 0 fully saturated rings. The molecule has 1 amide bonds. The van der Waals surface area contributed by atoms with Crippen LogP contribution in [0.4, 0.5) is 0 Å².